The number of hydrogen-bond acceptors (Lipinski definition) is 3. The van der Waals surface area contributed by atoms with Gasteiger partial charge < -0.3 is 10.2 Å². The van der Waals surface area contributed by atoms with E-state index in [2.05, 4.69) is 5.32 Å². The molecule has 0 radical (unpaired) electrons. The fraction of sp³-hybridized carbons (Fsp3) is 0.556. The molecule has 1 aliphatic rings. The van der Waals surface area contributed by atoms with E-state index in [0.717, 1.165) is 37.2 Å². The van der Waals surface area contributed by atoms with Crippen molar-refractivity contribution in [2.24, 2.45) is 0 Å². The van der Waals surface area contributed by atoms with Crippen LogP contribution >= 0.6 is 11.8 Å². The number of likely N-dealkylation sites (tertiary alicyclic amines) is 1. The molecular weight excluding hydrogens is 308 g/mol. The first-order valence-electron chi connectivity index (χ1n) is 8.37. The number of thioether (sulfide) groups is 1. The van der Waals surface area contributed by atoms with Crippen LogP contribution in [0.4, 0.5) is 5.69 Å². The van der Waals surface area contributed by atoms with Gasteiger partial charge in [0.1, 0.15) is 0 Å². The summed E-state index contributed by atoms with van der Waals surface area (Å²) in [5.41, 5.74) is 1.97. The van der Waals surface area contributed by atoms with Gasteiger partial charge in [0.05, 0.1) is 11.5 Å². The van der Waals surface area contributed by atoms with Gasteiger partial charge in [-0.05, 0) is 31.9 Å². The fourth-order valence-electron chi connectivity index (χ4n) is 2.65. The van der Waals surface area contributed by atoms with Crippen molar-refractivity contribution in [2.75, 3.05) is 29.9 Å². The van der Waals surface area contributed by atoms with Crippen molar-refractivity contribution >= 4 is 29.3 Å². The molecule has 1 aromatic carbocycles. The maximum atomic E-state index is 12.2. The SMILES string of the molecule is Cc1ccc(NC(=O)CSCC(=O)N2CCCCCCC2)cc1. The molecule has 2 amide bonds. The quantitative estimate of drug-likeness (QED) is 0.897. The fourth-order valence-corrected chi connectivity index (χ4v) is 3.37. The molecule has 2 rings (SSSR count). The first-order chi connectivity index (χ1) is 11.1. The number of hydrogen-bond donors (Lipinski definition) is 1. The van der Waals surface area contributed by atoms with E-state index in [1.54, 1.807) is 0 Å². The van der Waals surface area contributed by atoms with Crippen LogP contribution in [-0.2, 0) is 9.59 Å². The highest BCUT2D eigenvalue weighted by atomic mass is 32.2. The Balaban J connectivity index is 1.67. The lowest BCUT2D eigenvalue weighted by molar-refractivity contribution is -0.128. The molecule has 0 atom stereocenters. The Bertz CT molecular complexity index is 508. The van der Waals surface area contributed by atoms with E-state index < -0.39 is 0 Å². The summed E-state index contributed by atoms with van der Waals surface area (Å²) in [6.07, 6.45) is 5.93. The highest BCUT2D eigenvalue weighted by Crippen LogP contribution is 2.13. The van der Waals surface area contributed by atoms with Crippen LogP contribution < -0.4 is 5.32 Å². The number of amides is 2. The van der Waals surface area contributed by atoms with Crippen LogP contribution in [0, 0.1) is 6.92 Å². The molecular formula is C18H26N2O2S. The van der Waals surface area contributed by atoms with Crippen molar-refractivity contribution in [2.45, 2.75) is 39.0 Å². The molecule has 1 heterocycles. The summed E-state index contributed by atoms with van der Waals surface area (Å²) >= 11 is 1.39. The molecule has 1 saturated heterocycles. The topological polar surface area (TPSA) is 49.4 Å². The van der Waals surface area contributed by atoms with Crippen LogP contribution in [0.2, 0.25) is 0 Å². The second-order valence-corrected chi connectivity index (χ2v) is 7.04. The normalized spacial score (nSPS) is 15.6. The zero-order valence-corrected chi connectivity index (χ0v) is 14.7. The molecule has 0 saturated carbocycles. The minimum atomic E-state index is -0.0562. The maximum absolute atomic E-state index is 12.2. The molecule has 0 bridgehead atoms. The van der Waals surface area contributed by atoms with E-state index in [9.17, 15) is 9.59 Å². The van der Waals surface area contributed by atoms with Crippen LogP contribution in [0.15, 0.2) is 24.3 Å². The lowest BCUT2D eigenvalue weighted by Gasteiger charge is -2.24. The molecule has 1 N–H and O–H groups in total. The standard InChI is InChI=1S/C18H26N2O2S/c1-15-7-9-16(10-8-15)19-17(21)13-23-14-18(22)20-11-5-3-2-4-6-12-20/h7-10H,2-6,11-14H2,1H3,(H,19,21). The number of nitrogens with one attached hydrogen (secondary N) is 1. The number of aryl methyl sites for hydroxylation is 1. The van der Waals surface area contributed by atoms with Gasteiger partial charge in [-0.15, -0.1) is 11.8 Å². The summed E-state index contributed by atoms with van der Waals surface area (Å²) in [5.74, 6) is 0.814. The minimum Gasteiger partial charge on any atom is -0.342 e. The van der Waals surface area contributed by atoms with Crippen molar-refractivity contribution in [3.8, 4) is 0 Å². The summed E-state index contributed by atoms with van der Waals surface area (Å²) in [5, 5.41) is 2.86. The molecule has 4 nitrogen and oxygen atoms in total. The van der Waals surface area contributed by atoms with E-state index in [4.69, 9.17) is 0 Å². The third-order valence-corrected chi connectivity index (χ3v) is 4.92. The van der Waals surface area contributed by atoms with Crippen LogP contribution in [0.1, 0.15) is 37.7 Å². The summed E-state index contributed by atoms with van der Waals surface area (Å²) < 4.78 is 0. The first kappa shape index (κ1) is 17.9. The zero-order valence-electron chi connectivity index (χ0n) is 13.8. The van der Waals surface area contributed by atoms with E-state index >= 15 is 0 Å². The Morgan fingerprint density at radius 1 is 1.00 bits per heavy atom. The molecule has 5 heteroatoms. The van der Waals surface area contributed by atoms with Gasteiger partial charge in [0.15, 0.2) is 0 Å². The van der Waals surface area contributed by atoms with Crippen molar-refractivity contribution in [3.05, 3.63) is 29.8 Å². The van der Waals surface area contributed by atoms with Crippen LogP contribution in [-0.4, -0.2) is 41.3 Å². The van der Waals surface area contributed by atoms with Crippen LogP contribution in [0.3, 0.4) is 0 Å². The average molecular weight is 334 g/mol. The molecule has 126 valence electrons. The van der Waals surface area contributed by atoms with E-state index in [1.807, 2.05) is 36.1 Å². The highest BCUT2D eigenvalue weighted by molar-refractivity contribution is 8.00. The van der Waals surface area contributed by atoms with Gasteiger partial charge in [-0.1, -0.05) is 37.0 Å². The number of anilines is 1. The Morgan fingerprint density at radius 2 is 1.61 bits per heavy atom. The predicted octanol–water partition coefficient (Wildman–Crippen LogP) is 3.46. The third-order valence-electron chi connectivity index (χ3n) is 4.00. The number of nitrogens with zero attached hydrogens (tertiary/aromatic N) is 1. The summed E-state index contributed by atoms with van der Waals surface area (Å²) in [6, 6.07) is 7.72. The van der Waals surface area contributed by atoms with Crippen molar-refractivity contribution in [1.82, 2.24) is 4.90 Å². The van der Waals surface area contributed by atoms with Gasteiger partial charge in [-0.2, -0.15) is 0 Å². The number of carbonyl (C=O) groups excluding carboxylic acids is 2. The lowest BCUT2D eigenvalue weighted by Crippen LogP contribution is -2.35. The Labute approximate surface area is 143 Å². The van der Waals surface area contributed by atoms with Gasteiger partial charge in [0.25, 0.3) is 0 Å². The predicted molar refractivity (Wildman–Crippen MR) is 96.8 cm³/mol. The molecule has 0 unspecified atom stereocenters. The zero-order chi connectivity index (χ0) is 16.5. The average Bonchev–Trinajstić information content (AvgIpc) is 2.49. The Hall–Kier alpha value is -1.49. The van der Waals surface area contributed by atoms with Crippen molar-refractivity contribution < 1.29 is 9.59 Å². The molecule has 0 aliphatic carbocycles. The van der Waals surface area contributed by atoms with Gasteiger partial charge in [0, 0.05) is 18.8 Å². The summed E-state index contributed by atoms with van der Waals surface area (Å²) in [7, 11) is 0. The summed E-state index contributed by atoms with van der Waals surface area (Å²) in [4.78, 5) is 26.1. The molecule has 0 aromatic heterocycles. The summed E-state index contributed by atoms with van der Waals surface area (Å²) in [6.45, 7) is 3.75. The van der Waals surface area contributed by atoms with E-state index in [0.29, 0.717) is 11.5 Å². The van der Waals surface area contributed by atoms with E-state index in [1.165, 1.54) is 31.0 Å². The Morgan fingerprint density at radius 3 is 2.26 bits per heavy atom. The molecule has 0 spiro atoms. The Kier molecular flexibility index (Phi) is 7.46. The maximum Gasteiger partial charge on any atom is 0.234 e. The second-order valence-electron chi connectivity index (χ2n) is 6.06. The molecule has 1 aromatic rings. The third kappa shape index (κ3) is 6.65. The molecule has 23 heavy (non-hydrogen) atoms. The van der Waals surface area contributed by atoms with Crippen LogP contribution in [0.5, 0.6) is 0 Å². The van der Waals surface area contributed by atoms with E-state index in [-0.39, 0.29) is 11.8 Å². The second kappa shape index (κ2) is 9.60. The first-order valence-corrected chi connectivity index (χ1v) is 9.52. The molecule has 1 fully saturated rings. The minimum absolute atomic E-state index is 0.0562. The number of benzene rings is 1. The highest BCUT2D eigenvalue weighted by Gasteiger charge is 2.15. The van der Waals surface area contributed by atoms with Gasteiger partial charge in [-0.25, -0.2) is 0 Å². The molecule has 1 aliphatic heterocycles. The van der Waals surface area contributed by atoms with Crippen LogP contribution in [0.25, 0.3) is 0 Å². The van der Waals surface area contributed by atoms with Gasteiger partial charge in [-0.3, -0.25) is 9.59 Å². The largest absolute Gasteiger partial charge is 0.342 e. The van der Waals surface area contributed by atoms with Crippen molar-refractivity contribution in [1.29, 1.82) is 0 Å². The number of rotatable bonds is 5. The van der Waals surface area contributed by atoms with Gasteiger partial charge >= 0.3 is 0 Å². The monoisotopic (exact) mass is 334 g/mol. The smallest absolute Gasteiger partial charge is 0.234 e. The lowest BCUT2D eigenvalue weighted by atomic mass is 10.1. The number of carbonyl (C=O) groups is 2. The van der Waals surface area contributed by atoms with Gasteiger partial charge in [0.2, 0.25) is 11.8 Å². The van der Waals surface area contributed by atoms with Crippen molar-refractivity contribution in [3.63, 3.8) is 0 Å².